The van der Waals surface area contributed by atoms with E-state index in [1.165, 1.54) is 0 Å². The van der Waals surface area contributed by atoms with Gasteiger partial charge in [-0.05, 0) is 20.8 Å². The van der Waals surface area contributed by atoms with Gasteiger partial charge in [0.15, 0.2) is 0 Å². The average molecular weight is 216 g/mol. The van der Waals surface area contributed by atoms with Crippen molar-refractivity contribution in [3.63, 3.8) is 0 Å². The van der Waals surface area contributed by atoms with Gasteiger partial charge >= 0.3 is 4.87 Å². The van der Waals surface area contributed by atoms with Crippen LogP contribution in [0.2, 0.25) is 0 Å². The number of thiazole rings is 1. The van der Waals surface area contributed by atoms with Crippen molar-refractivity contribution < 1.29 is 5.11 Å². The molecule has 0 radical (unpaired) electrons. The number of H-pyrrole nitrogens is 1. The van der Waals surface area contributed by atoms with Gasteiger partial charge in [-0.3, -0.25) is 4.79 Å². The van der Waals surface area contributed by atoms with Gasteiger partial charge < -0.3 is 15.4 Å². The molecule has 0 bridgehead atoms. The van der Waals surface area contributed by atoms with Gasteiger partial charge in [-0.25, -0.2) is 0 Å². The Kier molecular flexibility index (Phi) is 3.47. The summed E-state index contributed by atoms with van der Waals surface area (Å²) in [7, 11) is 0. The van der Waals surface area contributed by atoms with Crippen molar-refractivity contribution >= 4 is 11.3 Å². The Balaban J connectivity index is 2.45. The van der Waals surface area contributed by atoms with E-state index in [4.69, 9.17) is 0 Å². The lowest BCUT2D eigenvalue weighted by molar-refractivity contribution is 0.0436. The molecule has 3 N–H and O–H groups in total. The highest BCUT2D eigenvalue weighted by atomic mass is 32.1. The highest BCUT2D eigenvalue weighted by Gasteiger charge is 2.21. The molecular weight excluding hydrogens is 200 g/mol. The molecule has 0 fully saturated rings. The van der Waals surface area contributed by atoms with E-state index < -0.39 is 5.60 Å². The minimum Gasteiger partial charge on any atom is -0.389 e. The summed E-state index contributed by atoms with van der Waals surface area (Å²) in [5.41, 5.74) is 0.104. The highest BCUT2D eigenvalue weighted by molar-refractivity contribution is 7.07. The standard InChI is InChI=1S/C9H16N2O2S/c1-6(9(2,3)13)10-4-7-5-14-8(12)11-7/h5-6,10,13H,4H2,1-3H3,(H,11,12). The van der Waals surface area contributed by atoms with Crippen LogP contribution in [0.5, 0.6) is 0 Å². The molecule has 0 aromatic carbocycles. The first kappa shape index (κ1) is 11.4. The lowest BCUT2D eigenvalue weighted by atomic mass is 10.0. The third-order valence-corrected chi connectivity index (χ3v) is 2.95. The zero-order valence-electron chi connectivity index (χ0n) is 8.63. The van der Waals surface area contributed by atoms with Crippen LogP contribution in [0.3, 0.4) is 0 Å². The predicted octanol–water partition coefficient (Wildman–Crippen LogP) is 0.685. The van der Waals surface area contributed by atoms with Crippen molar-refractivity contribution in [2.24, 2.45) is 0 Å². The maximum atomic E-state index is 10.8. The quantitative estimate of drug-likeness (QED) is 0.693. The second-order valence-electron chi connectivity index (χ2n) is 3.93. The van der Waals surface area contributed by atoms with Gasteiger partial charge in [-0.15, -0.1) is 0 Å². The normalized spacial score (nSPS) is 14.3. The number of rotatable bonds is 4. The molecule has 0 saturated heterocycles. The fourth-order valence-corrected chi connectivity index (χ4v) is 1.49. The molecule has 0 saturated carbocycles. The number of aromatic amines is 1. The summed E-state index contributed by atoms with van der Waals surface area (Å²) in [5.74, 6) is 0. The summed E-state index contributed by atoms with van der Waals surface area (Å²) in [6.45, 7) is 5.98. The van der Waals surface area contributed by atoms with Gasteiger partial charge in [0.05, 0.1) is 5.60 Å². The molecule has 1 heterocycles. The number of aliphatic hydroxyl groups is 1. The molecule has 0 amide bonds. The van der Waals surface area contributed by atoms with Crippen LogP contribution in [0.25, 0.3) is 0 Å². The Morgan fingerprint density at radius 1 is 1.71 bits per heavy atom. The second kappa shape index (κ2) is 4.25. The molecule has 0 spiro atoms. The molecular formula is C9H16N2O2S. The van der Waals surface area contributed by atoms with Crippen LogP contribution in [-0.4, -0.2) is 21.7 Å². The van der Waals surface area contributed by atoms with E-state index in [0.717, 1.165) is 17.0 Å². The first-order valence-electron chi connectivity index (χ1n) is 4.52. The van der Waals surface area contributed by atoms with Gasteiger partial charge in [-0.2, -0.15) is 0 Å². The van der Waals surface area contributed by atoms with Crippen molar-refractivity contribution in [2.75, 3.05) is 0 Å². The number of nitrogens with one attached hydrogen (secondary N) is 2. The van der Waals surface area contributed by atoms with Gasteiger partial charge in [0, 0.05) is 23.7 Å². The SMILES string of the molecule is CC(NCc1csc(=O)[nH]1)C(C)(C)O. The van der Waals surface area contributed by atoms with Crippen molar-refractivity contribution in [1.82, 2.24) is 10.3 Å². The average Bonchev–Trinajstić information content (AvgIpc) is 2.45. The molecule has 1 atom stereocenters. The van der Waals surface area contributed by atoms with E-state index in [9.17, 15) is 9.90 Å². The Morgan fingerprint density at radius 2 is 2.36 bits per heavy atom. The Hall–Kier alpha value is -0.650. The summed E-state index contributed by atoms with van der Waals surface area (Å²) in [6.07, 6.45) is 0. The second-order valence-corrected chi connectivity index (χ2v) is 4.77. The van der Waals surface area contributed by atoms with Gasteiger partial charge in [-0.1, -0.05) is 11.3 Å². The van der Waals surface area contributed by atoms with Crippen molar-refractivity contribution in [1.29, 1.82) is 0 Å². The van der Waals surface area contributed by atoms with Crippen LogP contribution >= 0.6 is 11.3 Å². The van der Waals surface area contributed by atoms with Gasteiger partial charge in [0.2, 0.25) is 0 Å². The van der Waals surface area contributed by atoms with Gasteiger partial charge in [0.25, 0.3) is 0 Å². The topological polar surface area (TPSA) is 65.1 Å². The van der Waals surface area contributed by atoms with E-state index in [-0.39, 0.29) is 10.9 Å². The molecule has 1 aromatic heterocycles. The molecule has 14 heavy (non-hydrogen) atoms. The minimum absolute atomic E-state index is 0.0223. The summed E-state index contributed by atoms with van der Waals surface area (Å²) in [4.78, 5) is 13.5. The van der Waals surface area contributed by atoms with E-state index in [1.54, 1.807) is 19.2 Å². The van der Waals surface area contributed by atoms with Gasteiger partial charge in [0.1, 0.15) is 0 Å². The monoisotopic (exact) mass is 216 g/mol. The first-order valence-corrected chi connectivity index (χ1v) is 5.40. The number of hydrogen-bond acceptors (Lipinski definition) is 4. The van der Waals surface area contributed by atoms with Crippen molar-refractivity contribution in [2.45, 2.75) is 39.0 Å². The minimum atomic E-state index is -0.754. The fraction of sp³-hybridized carbons (Fsp3) is 0.667. The third kappa shape index (κ3) is 3.25. The Bertz CT molecular complexity index is 337. The van der Waals surface area contributed by atoms with E-state index in [1.807, 2.05) is 6.92 Å². The molecule has 0 aliphatic carbocycles. The molecule has 0 aliphatic heterocycles. The highest BCUT2D eigenvalue weighted by Crippen LogP contribution is 2.08. The zero-order valence-corrected chi connectivity index (χ0v) is 9.44. The Labute approximate surface area is 87.0 Å². The smallest absolute Gasteiger partial charge is 0.304 e. The lowest BCUT2D eigenvalue weighted by Crippen LogP contribution is -2.44. The zero-order chi connectivity index (χ0) is 10.8. The maximum Gasteiger partial charge on any atom is 0.304 e. The summed E-state index contributed by atoms with van der Waals surface area (Å²) >= 11 is 1.15. The largest absolute Gasteiger partial charge is 0.389 e. The molecule has 80 valence electrons. The molecule has 1 unspecified atom stereocenters. The third-order valence-electron chi connectivity index (χ3n) is 2.23. The Morgan fingerprint density at radius 3 is 2.79 bits per heavy atom. The van der Waals surface area contributed by atoms with Crippen LogP contribution in [-0.2, 0) is 6.54 Å². The van der Waals surface area contributed by atoms with E-state index in [2.05, 4.69) is 10.3 Å². The predicted molar refractivity (Wildman–Crippen MR) is 57.5 cm³/mol. The first-order chi connectivity index (χ1) is 6.39. The summed E-state index contributed by atoms with van der Waals surface area (Å²) in [5, 5.41) is 14.6. The maximum absolute atomic E-state index is 10.8. The summed E-state index contributed by atoms with van der Waals surface area (Å²) < 4.78 is 0. The van der Waals surface area contributed by atoms with Crippen molar-refractivity contribution in [3.05, 3.63) is 20.7 Å². The lowest BCUT2D eigenvalue weighted by Gasteiger charge is -2.26. The number of hydrogen-bond donors (Lipinski definition) is 3. The van der Waals surface area contributed by atoms with E-state index in [0.29, 0.717) is 6.54 Å². The van der Waals surface area contributed by atoms with Crippen molar-refractivity contribution in [3.8, 4) is 0 Å². The van der Waals surface area contributed by atoms with Crippen LogP contribution in [0.4, 0.5) is 0 Å². The molecule has 1 rings (SSSR count). The summed E-state index contributed by atoms with van der Waals surface area (Å²) in [6, 6.07) is -0.0223. The molecule has 1 aromatic rings. The molecule has 0 aliphatic rings. The fourth-order valence-electron chi connectivity index (χ4n) is 0.913. The van der Waals surface area contributed by atoms with Crippen LogP contribution in [0.1, 0.15) is 26.5 Å². The van der Waals surface area contributed by atoms with Crippen LogP contribution < -0.4 is 10.2 Å². The molecule has 4 nitrogen and oxygen atoms in total. The van der Waals surface area contributed by atoms with E-state index >= 15 is 0 Å². The van der Waals surface area contributed by atoms with Crippen LogP contribution in [0, 0.1) is 0 Å². The number of aromatic nitrogens is 1. The van der Waals surface area contributed by atoms with Crippen LogP contribution in [0.15, 0.2) is 10.2 Å². The molecule has 5 heteroatoms.